The number of anilines is 2. The van der Waals surface area contributed by atoms with Crippen LogP contribution in [0.1, 0.15) is 55.8 Å². The Hall–Kier alpha value is -3.90. The molecule has 2 aromatic rings. The van der Waals surface area contributed by atoms with Gasteiger partial charge in [-0.1, -0.05) is 18.2 Å². The van der Waals surface area contributed by atoms with Gasteiger partial charge in [0.05, 0.1) is 24.3 Å². The summed E-state index contributed by atoms with van der Waals surface area (Å²) in [5.41, 5.74) is 2.93. The molecule has 4 rings (SSSR count). The van der Waals surface area contributed by atoms with E-state index in [9.17, 15) is 14.9 Å². The summed E-state index contributed by atoms with van der Waals surface area (Å²) in [5, 5.41) is 12.8. The molecule has 2 aliphatic rings. The highest BCUT2D eigenvalue weighted by Crippen LogP contribution is 2.45. The molecular formula is C29H35N5O4. The summed E-state index contributed by atoms with van der Waals surface area (Å²) in [6.07, 6.45) is 5.61. The average Bonchev–Trinajstić information content (AvgIpc) is 3.76. The van der Waals surface area contributed by atoms with Crippen molar-refractivity contribution < 1.29 is 19.1 Å². The Kier molecular flexibility index (Phi) is 8.98. The number of benzene rings is 1. The number of methoxy groups -OCH3 is 1. The maximum absolute atomic E-state index is 12.5. The molecule has 1 aromatic heterocycles. The van der Waals surface area contributed by atoms with Crippen LogP contribution in [-0.4, -0.2) is 61.1 Å². The summed E-state index contributed by atoms with van der Waals surface area (Å²) in [5.74, 6) is 1.50. The van der Waals surface area contributed by atoms with Gasteiger partial charge in [-0.05, 0) is 50.5 Å². The van der Waals surface area contributed by atoms with Gasteiger partial charge in [-0.25, -0.2) is 4.98 Å². The summed E-state index contributed by atoms with van der Waals surface area (Å²) < 4.78 is 11.3. The minimum atomic E-state index is -0.186. The maximum atomic E-state index is 12.5. The van der Waals surface area contributed by atoms with E-state index in [2.05, 4.69) is 16.3 Å². The number of nitriles is 1. The summed E-state index contributed by atoms with van der Waals surface area (Å²) >= 11 is 0. The van der Waals surface area contributed by atoms with Crippen LogP contribution in [0.2, 0.25) is 0 Å². The van der Waals surface area contributed by atoms with Crippen molar-refractivity contribution in [2.45, 2.75) is 51.7 Å². The normalized spacial score (nSPS) is 17.4. The van der Waals surface area contributed by atoms with Gasteiger partial charge in [0.1, 0.15) is 24.2 Å². The van der Waals surface area contributed by atoms with Gasteiger partial charge in [-0.3, -0.25) is 9.59 Å². The van der Waals surface area contributed by atoms with Crippen LogP contribution in [0.15, 0.2) is 42.5 Å². The fourth-order valence-electron chi connectivity index (χ4n) is 4.68. The monoisotopic (exact) mass is 517 g/mol. The Balaban J connectivity index is 1.49. The molecule has 1 saturated heterocycles. The van der Waals surface area contributed by atoms with Crippen molar-refractivity contribution in [3.63, 3.8) is 0 Å². The van der Waals surface area contributed by atoms with Crippen LogP contribution < -0.4 is 15.0 Å². The Morgan fingerprint density at radius 1 is 1.26 bits per heavy atom. The molecule has 1 aromatic carbocycles. The third-order valence-electron chi connectivity index (χ3n) is 6.75. The van der Waals surface area contributed by atoms with E-state index in [1.165, 1.54) is 6.08 Å². The highest BCUT2D eigenvalue weighted by atomic mass is 16.5. The molecule has 2 heterocycles. The topological polar surface area (TPSA) is 108 Å². The van der Waals surface area contributed by atoms with E-state index in [1.807, 2.05) is 36.1 Å². The first kappa shape index (κ1) is 27.1. The first-order chi connectivity index (χ1) is 18.4. The number of rotatable bonds is 10. The van der Waals surface area contributed by atoms with Gasteiger partial charge in [-0.15, -0.1) is 0 Å². The van der Waals surface area contributed by atoms with Crippen LogP contribution in [-0.2, 0) is 20.9 Å². The Labute approximate surface area is 224 Å². The van der Waals surface area contributed by atoms with E-state index in [1.54, 1.807) is 26.2 Å². The lowest BCUT2D eigenvalue weighted by molar-refractivity contribution is -0.134. The molecule has 1 unspecified atom stereocenters. The predicted octanol–water partition coefficient (Wildman–Crippen LogP) is 4.00. The van der Waals surface area contributed by atoms with Crippen LogP contribution in [0.25, 0.3) is 0 Å². The van der Waals surface area contributed by atoms with E-state index >= 15 is 0 Å². The van der Waals surface area contributed by atoms with Gasteiger partial charge < -0.3 is 24.6 Å². The number of hydrogen-bond donors (Lipinski definition) is 1. The van der Waals surface area contributed by atoms with E-state index in [4.69, 9.17) is 14.5 Å². The number of hydrogen-bond acceptors (Lipinski definition) is 7. The van der Waals surface area contributed by atoms with Crippen molar-refractivity contribution in [1.29, 1.82) is 5.26 Å². The molecule has 9 nitrogen and oxygen atoms in total. The van der Waals surface area contributed by atoms with Crippen molar-refractivity contribution in [2.75, 3.05) is 43.6 Å². The summed E-state index contributed by atoms with van der Waals surface area (Å²) in [6, 6.07) is 11.6. The van der Waals surface area contributed by atoms with Crippen LogP contribution in [0.5, 0.6) is 5.75 Å². The van der Waals surface area contributed by atoms with Crippen molar-refractivity contribution in [3.05, 3.63) is 59.3 Å². The number of amides is 2. The zero-order valence-corrected chi connectivity index (χ0v) is 22.3. The lowest BCUT2D eigenvalue weighted by Crippen LogP contribution is -2.54. The molecule has 2 amide bonds. The molecule has 200 valence electrons. The zero-order valence-electron chi connectivity index (χ0n) is 22.3. The van der Waals surface area contributed by atoms with Crippen molar-refractivity contribution >= 4 is 23.3 Å². The number of piperazine rings is 1. The third-order valence-corrected chi connectivity index (χ3v) is 6.75. The lowest BCUT2D eigenvalue weighted by atomic mass is 10.1. The SMILES string of the molecule is C/C=C/C(=O)Nc1cccc(COc2cc(C#N)c(N3CCN(C(=O)CCOC)C(C)C3)nc2C2CC2)c1. The van der Waals surface area contributed by atoms with E-state index in [0.29, 0.717) is 61.4 Å². The highest BCUT2D eigenvalue weighted by Gasteiger charge is 2.33. The van der Waals surface area contributed by atoms with Gasteiger partial charge in [-0.2, -0.15) is 5.26 Å². The number of carbonyl (C=O) groups excluding carboxylic acids is 2. The van der Waals surface area contributed by atoms with Crippen LogP contribution in [0, 0.1) is 11.3 Å². The van der Waals surface area contributed by atoms with E-state index in [-0.39, 0.29) is 24.5 Å². The first-order valence-corrected chi connectivity index (χ1v) is 13.1. The molecule has 0 bridgehead atoms. The quantitative estimate of drug-likeness (QED) is 0.475. The molecule has 1 atom stereocenters. The second kappa shape index (κ2) is 12.6. The molecule has 0 spiro atoms. The molecule has 1 aliphatic heterocycles. The summed E-state index contributed by atoms with van der Waals surface area (Å²) in [7, 11) is 1.59. The minimum absolute atomic E-state index is 0.00216. The standard InChI is InChI=1S/C29H35N5O4/c1-4-6-26(35)31-24-8-5-7-21(15-24)19-38-25-16-23(17-30)29(32-28(25)22-9-10-22)33-12-13-34(20(2)18-33)27(36)11-14-37-3/h4-8,15-16,20,22H,9-14,18-19H2,1-3H3,(H,31,35)/b6-4+. The molecule has 9 heteroatoms. The van der Waals surface area contributed by atoms with Crippen LogP contribution in [0.3, 0.4) is 0 Å². The van der Waals surface area contributed by atoms with Crippen LogP contribution >= 0.6 is 0 Å². The number of ether oxygens (including phenoxy) is 2. The highest BCUT2D eigenvalue weighted by molar-refractivity contribution is 5.99. The van der Waals surface area contributed by atoms with Crippen molar-refractivity contribution in [2.24, 2.45) is 0 Å². The molecular weight excluding hydrogens is 482 g/mol. The fourth-order valence-corrected chi connectivity index (χ4v) is 4.68. The summed E-state index contributed by atoms with van der Waals surface area (Å²) in [4.78, 5) is 33.4. The zero-order chi connectivity index (χ0) is 27.1. The van der Waals surface area contributed by atoms with Gasteiger partial charge in [0.25, 0.3) is 0 Å². The van der Waals surface area contributed by atoms with E-state index < -0.39 is 0 Å². The Bertz CT molecular complexity index is 1230. The predicted molar refractivity (Wildman–Crippen MR) is 145 cm³/mol. The maximum Gasteiger partial charge on any atom is 0.248 e. The number of carbonyl (C=O) groups is 2. The Morgan fingerprint density at radius 3 is 2.76 bits per heavy atom. The second-order valence-corrected chi connectivity index (χ2v) is 9.73. The molecule has 0 radical (unpaired) electrons. The van der Waals surface area contributed by atoms with Crippen LogP contribution in [0.4, 0.5) is 11.5 Å². The Morgan fingerprint density at radius 2 is 2.08 bits per heavy atom. The molecule has 1 saturated carbocycles. The lowest BCUT2D eigenvalue weighted by Gasteiger charge is -2.40. The van der Waals surface area contributed by atoms with E-state index in [0.717, 1.165) is 24.1 Å². The average molecular weight is 518 g/mol. The van der Waals surface area contributed by atoms with Gasteiger partial charge >= 0.3 is 0 Å². The summed E-state index contributed by atoms with van der Waals surface area (Å²) in [6.45, 7) is 6.32. The van der Waals surface area contributed by atoms with Gasteiger partial charge in [0.2, 0.25) is 11.8 Å². The first-order valence-electron chi connectivity index (χ1n) is 13.1. The largest absolute Gasteiger partial charge is 0.487 e. The van der Waals surface area contributed by atoms with Crippen molar-refractivity contribution in [3.8, 4) is 11.8 Å². The molecule has 1 N–H and O–H groups in total. The van der Waals surface area contributed by atoms with Gasteiger partial charge in [0.15, 0.2) is 0 Å². The molecule has 38 heavy (non-hydrogen) atoms. The number of nitrogens with zero attached hydrogens (tertiary/aromatic N) is 4. The second-order valence-electron chi connectivity index (χ2n) is 9.73. The fraction of sp³-hybridized carbons (Fsp3) is 0.448. The molecule has 1 aliphatic carbocycles. The number of pyridine rings is 1. The van der Waals surface area contributed by atoms with Gasteiger partial charge in [0, 0.05) is 50.5 Å². The molecule has 2 fully saturated rings. The van der Waals surface area contributed by atoms with Crippen molar-refractivity contribution in [1.82, 2.24) is 9.88 Å². The number of nitrogens with one attached hydrogen (secondary N) is 1. The minimum Gasteiger partial charge on any atom is -0.487 e. The number of aromatic nitrogens is 1. The smallest absolute Gasteiger partial charge is 0.248 e. The number of allylic oxidation sites excluding steroid dienone is 1. The third kappa shape index (κ3) is 6.69.